The molecule has 24 heavy (non-hydrogen) atoms. The first-order valence-electron chi connectivity index (χ1n) is 8.65. The van der Waals surface area contributed by atoms with Gasteiger partial charge in [0.25, 0.3) is 0 Å². The average molecular weight is 329 g/mol. The van der Waals surface area contributed by atoms with Gasteiger partial charge in [0.05, 0.1) is 0 Å². The molecule has 1 aromatic carbocycles. The molecule has 1 aromatic rings. The molecule has 0 bridgehead atoms. The highest BCUT2D eigenvalue weighted by Crippen LogP contribution is 2.21. The Labute approximate surface area is 143 Å². The minimum absolute atomic E-state index is 0.142. The van der Waals surface area contributed by atoms with Gasteiger partial charge in [-0.15, -0.1) is 0 Å². The highest BCUT2D eigenvalue weighted by Gasteiger charge is 2.14. The van der Waals surface area contributed by atoms with E-state index in [1.807, 2.05) is 32.0 Å². The molecule has 0 saturated heterocycles. The number of rotatable bonds is 5. The Kier molecular flexibility index (Phi) is 6.53. The molecular formula is C19H27N3O2. The van der Waals surface area contributed by atoms with Crippen molar-refractivity contribution in [3.05, 3.63) is 29.3 Å². The number of aryl methyl sites for hydroxylation is 2. The zero-order valence-corrected chi connectivity index (χ0v) is 14.8. The fraction of sp³-hybridized carbons (Fsp3) is 0.526. The van der Waals surface area contributed by atoms with Crippen molar-refractivity contribution in [2.24, 2.45) is 11.0 Å². The van der Waals surface area contributed by atoms with Gasteiger partial charge >= 0.3 is 0 Å². The lowest BCUT2D eigenvalue weighted by atomic mass is 9.89. The van der Waals surface area contributed by atoms with Gasteiger partial charge in [-0.2, -0.15) is 5.10 Å². The molecule has 1 aliphatic rings. The summed E-state index contributed by atoms with van der Waals surface area (Å²) in [4.78, 5) is 23.8. The van der Waals surface area contributed by atoms with Crippen molar-refractivity contribution in [1.82, 2.24) is 5.43 Å². The second-order valence-electron chi connectivity index (χ2n) is 6.78. The van der Waals surface area contributed by atoms with Crippen molar-refractivity contribution in [3.63, 3.8) is 0 Å². The summed E-state index contributed by atoms with van der Waals surface area (Å²) < 4.78 is 0. The maximum Gasteiger partial charge on any atom is 0.240 e. The molecule has 2 N–H and O–H groups in total. The zero-order valence-electron chi connectivity index (χ0n) is 14.8. The molecule has 5 nitrogen and oxygen atoms in total. The SMILES string of the molecule is Cc1ccc(C)c(NC(=O)CCC(=O)N/N=C2\CCC[C@H](C)C2)c1. The van der Waals surface area contributed by atoms with E-state index >= 15 is 0 Å². The van der Waals surface area contributed by atoms with Crippen LogP contribution >= 0.6 is 0 Å². The third-order valence-corrected chi connectivity index (χ3v) is 4.33. The van der Waals surface area contributed by atoms with Crippen LogP contribution in [0.25, 0.3) is 0 Å². The quantitative estimate of drug-likeness (QED) is 0.809. The Morgan fingerprint density at radius 2 is 1.96 bits per heavy atom. The molecule has 2 rings (SSSR count). The molecular weight excluding hydrogens is 302 g/mol. The lowest BCUT2D eigenvalue weighted by Gasteiger charge is -2.18. The van der Waals surface area contributed by atoms with Crippen LogP contribution in [-0.4, -0.2) is 17.5 Å². The van der Waals surface area contributed by atoms with Gasteiger partial charge in [-0.3, -0.25) is 9.59 Å². The van der Waals surface area contributed by atoms with Gasteiger partial charge in [0.2, 0.25) is 11.8 Å². The van der Waals surface area contributed by atoms with E-state index in [0.717, 1.165) is 41.8 Å². The molecule has 0 aliphatic heterocycles. The number of carbonyl (C=O) groups excluding carboxylic acids is 2. The van der Waals surface area contributed by atoms with E-state index in [0.29, 0.717) is 5.92 Å². The number of hydrogen-bond acceptors (Lipinski definition) is 3. The second-order valence-corrected chi connectivity index (χ2v) is 6.78. The van der Waals surface area contributed by atoms with E-state index in [1.165, 1.54) is 6.42 Å². The molecule has 1 saturated carbocycles. The minimum atomic E-state index is -0.211. The molecule has 0 aromatic heterocycles. The lowest BCUT2D eigenvalue weighted by Crippen LogP contribution is -2.23. The third-order valence-electron chi connectivity index (χ3n) is 4.33. The number of benzene rings is 1. The van der Waals surface area contributed by atoms with E-state index in [9.17, 15) is 9.59 Å². The van der Waals surface area contributed by atoms with Crippen molar-refractivity contribution in [2.75, 3.05) is 5.32 Å². The molecule has 1 aliphatic carbocycles. The summed E-state index contributed by atoms with van der Waals surface area (Å²) in [6, 6.07) is 5.91. The smallest absolute Gasteiger partial charge is 0.240 e. The summed E-state index contributed by atoms with van der Waals surface area (Å²) >= 11 is 0. The molecule has 0 heterocycles. The monoisotopic (exact) mass is 329 g/mol. The van der Waals surface area contributed by atoms with Crippen LogP contribution in [-0.2, 0) is 9.59 Å². The van der Waals surface area contributed by atoms with E-state index < -0.39 is 0 Å². The molecule has 1 atom stereocenters. The summed E-state index contributed by atoms with van der Waals surface area (Å²) in [5, 5.41) is 7.07. The van der Waals surface area contributed by atoms with Crippen LogP contribution < -0.4 is 10.7 Å². The van der Waals surface area contributed by atoms with Crippen LogP contribution in [0.1, 0.15) is 56.6 Å². The number of carbonyl (C=O) groups is 2. The Hall–Kier alpha value is -2.17. The molecule has 0 radical (unpaired) electrons. The predicted octanol–water partition coefficient (Wildman–Crippen LogP) is 3.70. The molecule has 0 unspecified atom stereocenters. The van der Waals surface area contributed by atoms with Gasteiger partial charge in [-0.1, -0.05) is 19.1 Å². The maximum atomic E-state index is 12.0. The second kappa shape index (κ2) is 8.62. The van der Waals surface area contributed by atoms with E-state index in [1.54, 1.807) is 0 Å². The van der Waals surface area contributed by atoms with Gasteiger partial charge < -0.3 is 5.32 Å². The number of anilines is 1. The summed E-state index contributed by atoms with van der Waals surface area (Å²) in [7, 11) is 0. The van der Waals surface area contributed by atoms with Crippen LogP contribution in [0.15, 0.2) is 23.3 Å². The van der Waals surface area contributed by atoms with Gasteiger partial charge in [-0.05, 0) is 62.6 Å². The standard InChI is InChI=1S/C19H27N3O2/c1-13-5-4-6-16(11-13)21-22-19(24)10-9-18(23)20-17-12-14(2)7-8-15(17)3/h7-8,12-13H,4-6,9-11H2,1-3H3,(H,20,23)(H,22,24)/b21-16+/t13-/m0/s1. The Bertz CT molecular complexity index is 637. The highest BCUT2D eigenvalue weighted by molar-refractivity contribution is 5.94. The van der Waals surface area contributed by atoms with Crippen LogP contribution in [0.2, 0.25) is 0 Å². The summed E-state index contributed by atoms with van der Waals surface area (Å²) in [5.74, 6) is 0.271. The van der Waals surface area contributed by atoms with Gasteiger partial charge in [-0.25, -0.2) is 5.43 Å². The molecule has 130 valence electrons. The topological polar surface area (TPSA) is 70.6 Å². The predicted molar refractivity (Wildman–Crippen MR) is 97.0 cm³/mol. The van der Waals surface area contributed by atoms with Crippen LogP contribution in [0.5, 0.6) is 0 Å². The average Bonchev–Trinajstić information content (AvgIpc) is 2.54. The van der Waals surface area contributed by atoms with Crippen LogP contribution in [0.4, 0.5) is 5.69 Å². The number of hydrogen-bond donors (Lipinski definition) is 2. The number of hydrazone groups is 1. The van der Waals surface area contributed by atoms with Crippen molar-refractivity contribution >= 4 is 23.2 Å². The van der Waals surface area contributed by atoms with Crippen LogP contribution in [0, 0.1) is 19.8 Å². The largest absolute Gasteiger partial charge is 0.326 e. The molecule has 1 fully saturated rings. The normalized spacial score (nSPS) is 19.1. The van der Waals surface area contributed by atoms with Gasteiger partial charge in [0, 0.05) is 24.2 Å². The highest BCUT2D eigenvalue weighted by atomic mass is 16.2. The van der Waals surface area contributed by atoms with E-state index in [4.69, 9.17) is 0 Å². The van der Waals surface area contributed by atoms with Crippen molar-refractivity contribution in [2.45, 2.75) is 59.3 Å². The first kappa shape index (κ1) is 18.2. The summed E-state index contributed by atoms with van der Waals surface area (Å²) in [6.07, 6.45) is 4.56. The van der Waals surface area contributed by atoms with Crippen LogP contribution in [0.3, 0.4) is 0 Å². The Balaban J connectivity index is 1.76. The first-order valence-corrected chi connectivity index (χ1v) is 8.65. The van der Waals surface area contributed by atoms with Crippen molar-refractivity contribution in [3.8, 4) is 0 Å². The number of amides is 2. The lowest BCUT2D eigenvalue weighted by molar-refractivity contribution is -0.124. The Morgan fingerprint density at radius 3 is 2.71 bits per heavy atom. The Morgan fingerprint density at radius 1 is 1.21 bits per heavy atom. The molecule has 2 amide bonds. The van der Waals surface area contributed by atoms with Gasteiger partial charge in [0.1, 0.15) is 0 Å². The summed E-state index contributed by atoms with van der Waals surface area (Å²) in [6.45, 7) is 6.13. The fourth-order valence-corrected chi connectivity index (χ4v) is 2.87. The number of nitrogens with zero attached hydrogens (tertiary/aromatic N) is 1. The minimum Gasteiger partial charge on any atom is -0.326 e. The third kappa shape index (κ3) is 5.80. The maximum absolute atomic E-state index is 12.0. The first-order chi connectivity index (χ1) is 11.4. The van der Waals surface area contributed by atoms with E-state index in [2.05, 4.69) is 22.8 Å². The van der Waals surface area contributed by atoms with E-state index in [-0.39, 0.29) is 24.7 Å². The molecule has 5 heteroatoms. The zero-order chi connectivity index (χ0) is 17.5. The number of nitrogens with one attached hydrogen (secondary N) is 2. The van der Waals surface area contributed by atoms with Crippen molar-refractivity contribution < 1.29 is 9.59 Å². The molecule has 0 spiro atoms. The van der Waals surface area contributed by atoms with Gasteiger partial charge in [0.15, 0.2) is 0 Å². The summed E-state index contributed by atoms with van der Waals surface area (Å²) in [5.41, 5.74) is 6.54. The van der Waals surface area contributed by atoms with Crippen molar-refractivity contribution in [1.29, 1.82) is 0 Å². The fourth-order valence-electron chi connectivity index (χ4n) is 2.87.